The van der Waals surface area contributed by atoms with Crippen molar-refractivity contribution in [3.05, 3.63) is 47.5 Å². The molecule has 4 rings (SSSR count). The highest BCUT2D eigenvalue weighted by atomic mass is 19.4. The molecule has 35 heavy (non-hydrogen) atoms. The molecular weight excluding hydrogens is 481 g/mol. The van der Waals surface area contributed by atoms with Crippen molar-refractivity contribution in [1.29, 1.82) is 0 Å². The number of urea groups is 1. The summed E-state index contributed by atoms with van der Waals surface area (Å²) in [4.78, 5) is 33.5. The summed E-state index contributed by atoms with van der Waals surface area (Å²) in [6.07, 6.45) is -2.65. The van der Waals surface area contributed by atoms with Gasteiger partial charge in [-0.25, -0.2) is 23.5 Å². The highest BCUT2D eigenvalue weighted by Crippen LogP contribution is 2.39. The number of hydrogen-bond donors (Lipinski definition) is 2. The second-order valence-corrected chi connectivity index (χ2v) is 7.83. The van der Waals surface area contributed by atoms with E-state index in [1.165, 1.54) is 26.4 Å². The van der Waals surface area contributed by atoms with Gasteiger partial charge in [-0.05, 0) is 13.0 Å². The molecule has 9 nitrogen and oxygen atoms in total. The Morgan fingerprint density at radius 2 is 1.86 bits per heavy atom. The zero-order chi connectivity index (χ0) is 25.5. The fourth-order valence-electron chi connectivity index (χ4n) is 3.64. The van der Waals surface area contributed by atoms with Gasteiger partial charge in [0.15, 0.2) is 17.4 Å². The maximum atomic E-state index is 14.0. The number of carbonyl (C=O) groups excluding carboxylic acids is 2. The molecule has 0 radical (unpaired) electrons. The lowest BCUT2D eigenvalue weighted by atomic mass is 10.0. The minimum Gasteiger partial charge on any atom is -0.469 e. The molecule has 1 aliphatic heterocycles. The number of carbonyl (C=O) groups is 2. The van der Waals surface area contributed by atoms with Gasteiger partial charge in [0.05, 0.1) is 31.1 Å². The largest absolute Gasteiger partial charge is 0.469 e. The van der Waals surface area contributed by atoms with Crippen LogP contribution in [-0.4, -0.2) is 48.3 Å². The number of fused-ring (bicyclic) bond motifs is 1. The number of aromatic nitrogens is 2. The van der Waals surface area contributed by atoms with Crippen molar-refractivity contribution in [3.8, 4) is 0 Å². The van der Waals surface area contributed by atoms with E-state index in [0.717, 1.165) is 6.07 Å². The Morgan fingerprint density at radius 3 is 2.46 bits per heavy atom. The van der Waals surface area contributed by atoms with Crippen LogP contribution >= 0.6 is 0 Å². The molecule has 14 heteroatoms. The molecule has 1 saturated heterocycles. The summed E-state index contributed by atoms with van der Waals surface area (Å²) < 4.78 is 78.5. The summed E-state index contributed by atoms with van der Waals surface area (Å²) in [6, 6.07) is -2.57. The van der Waals surface area contributed by atoms with E-state index in [9.17, 15) is 31.5 Å². The summed E-state index contributed by atoms with van der Waals surface area (Å²) in [5.74, 6) is -3.34. The summed E-state index contributed by atoms with van der Waals surface area (Å²) in [6.45, 7) is 1.88. The van der Waals surface area contributed by atoms with Crippen molar-refractivity contribution < 1.29 is 40.7 Å². The number of halogens is 5. The summed E-state index contributed by atoms with van der Waals surface area (Å²) in [5, 5.41) is 3.74. The van der Waals surface area contributed by atoms with Crippen LogP contribution < -0.4 is 15.5 Å². The van der Waals surface area contributed by atoms with Crippen LogP contribution in [0.15, 0.2) is 28.9 Å². The van der Waals surface area contributed by atoms with E-state index in [-0.39, 0.29) is 34.5 Å². The quantitative estimate of drug-likeness (QED) is 0.406. The molecule has 1 atom stereocenters. The molecule has 2 amide bonds. The Balaban J connectivity index is 1.47. The first-order valence-electron chi connectivity index (χ1n) is 10.1. The van der Waals surface area contributed by atoms with Gasteiger partial charge in [0, 0.05) is 30.1 Å². The van der Waals surface area contributed by atoms with Crippen molar-refractivity contribution in [1.82, 2.24) is 15.3 Å². The molecular formula is C21H18F5N5O4. The number of hydrogen-bond acceptors (Lipinski definition) is 7. The monoisotopic (exact) mass is 499 g/mol. The summed E-state index contributed by atoms with van der Waals surface area (Å²) in [7, 11) is 1.28. The number of furan rings is 1. The highest BCUT2D eigenvalue weighted by Gasteiger charge is 2.45. The smallest absolute Gasteiger partial charge is 0.416 e. The van der Waals surface area contributed by atoms with E-state index in [1.807, 2.05) is 0 Å². The van der Waals surface area contributed by atoms with Gasteiger partial charge in [-0.2, -0.15) is 13.2 Å². The summed E-state index contributed by atoms with van der Waals surface area (Å²) in [5.41, 5.74) is -0.736. The van der Waals surface area contributed by atoms with Gasteiger partial charge >= 0.3 is 18.2 Å². The number of rotatable bonds is 5. The molecule has 0 aliphatic carbocycles. The molecule has 0 spiro atoms. The number of anilines is 2. The number of nitrogens with zero attached hydrogens (tertiary/aromatic N) is 3. The van der Waals surface area contributed by atoms with Gasteiger partial charge in [0.2, 0.25) is 5.95 Å². The average Bonchev–Trinajstić information content (AvgIpc) is 3.07. The Morgan fingerprint density at radius 1 is 1.20 bits per heavy atom. The predicted octanol–water partition coefficient (Wildman–Crippen LogP) is 3.84. The van der Waals surface area contributed by atoms with Crippen LogP contribution in [-0.2, 0) is 9.53 Å². The number of aryl methyl sites for hydroxylation is 1. The van der Waals surface area contributed by atoms with Crippen LogP contribution in [0.1, 0.15) is 17.4 Å². The van der Waals surface area contributed by atoms with Gasteiger partial charge in [0.1, 0.15) is 11.6 Å². The maximum absolute atomic E-state index is 14.0. The van der Waals surface area contributed by atoms with Crippen LogP contribution in [0.5, 0.6) is 0 Å². The molecule has 1 aromatic carbocycles. The molecule has 1 fully saturated rings. The van der Waals surface area contributed by atoms with E-state index in [2.05, 4.69) is 20.0 Å². The van der Waals surface area contributed by atoms with E-state index in [4.69, 9.17) is 4.42 Å². The summed E-state index contributed by atoms with van der Waals surface area (Å²) >= 11 is 0. The first-order valence-corrected chi connectivity index (χ1v) is 10.1. The molecule has 0 bridgehead atoms. The lowest BCUT2D eigenvalue weighted by Crippen LogP contribution is -2.51. The third-order valence-electron chi connectivity index (χ3n) is 5.45. The van der Waals surface area contributed by atoms with Crippen molar-refractivity contribution >= 4 is 34.6 Å². The SMILES string of the molecule is COC(=O)C1CN(c2ncc(NC(=O)NC(c3oc4c(F)cc(F)cc4c3C)C(F)(F)F)cn2)C1. The van der Waals surface area contributed by atoms with Crippen molar-refractivity contribution in [3.63, 3.8) is 0 Å². The van der Waals surface area contributed by atoms with E-state index in [0.29, 0.717) is 19.2 Å². The van der Waals surface area contributed by atoms with Crippen LogP contribution in [0, 0.1) is 24.5 Å². The average molecular weight is 499 g/mol. The predicted molar refractivity (Wildman–Crippen MR) is 112 cm³/mol. The molecule has 0 saturated carbocycles. The topological polar surface area (TPSA) is 110 Å². The fraction of sp³-hybridized carbons (Fsp3) is 0.333. The lowest BCUT2D eigenvalue weighted by molar-refractivity contribution is -0.158. The zero-order valence-corrected chi connectivity index (χ0v) is 18.2. The van der Waals surface area contributed by atoms with Crippen molar-refractivity contribution in [2.24, 2.45) is 5.92 Å². The molecule has 3 aromatic rings. The number of ether oxygens (including phenoxy) is 1. The van der Waals surface area contributed by atoms with Crippen LogP contribution in [0.4, 0.5) is 38.4 Å². The van der Waals surface area contributed by atoms with Gasteiger partial charge < -0.3 is 24.7 Å². The second kappa shape index (κ2) is 9.00. The third kappa shape index (κ3) is 4.81. The third-order valence-corrected chi connectivity index (χ3v) is 5.45. The minimum atomic E-state index is -5.01. The molecule has 1 unspecified atom stereocenters. The zero-order valence-electron chi connectivity index (χ0n) is 18.2. The Kier molecular flexibility index (Phi) is 6.21. The highest BCUT2D eigenvalue weighted by molar-refractivity contribution is 5.89. The molecule has 2 N–H and O–H groups in total. The van der Waals surface area contributed by atoms with Crippen molar-refractivity contribution in [2.75, 3.05) is 30.4 Å². The van der Waals surface area contributed by atoms with Gasteiger partial charge in [0.25, 0.3) is 0 Å². The number of benzene rings is 1. The molecule has 2 aromatic heterocycles. The number of methoxy groups -OCH3 is 1. The second-order valence-electron chi connectivity index (χ2n) is 7.83. The number of alkyl halides is 3. The first kappa shape index (κ1) is 24.2. The van der Waals surface area contributed by atoms with Crippen LogP contribution in [0.2, 0.25) is 0 Å². The lowest BCUT2D eigenvalue weighted by Gasteiger charge is -2.37. The maximum Gasteiger partial charge on any atom is 0.416 e. The number of esters is 1. The van der Waals surface area contributed by atoms with Gasteiger partial charge in [-0.1, -0.05) is 0 Å². The fourth-order valence-corrected chi connectivity index (χ4v) is 3.64. The minimum absolute atomic E-state index is 0.00772. The Bertz CT molecular complexity index is 1270. The first-order chi connectivity index (χ1) is 16.5. The van der Waals surface area contributed by atoms with E-state index < -0.39 is 41.2 Å². The van der Waals surface area contributed by atoms with Gasteiger partial charge in [-0.3, -0.25) is 4.79 Å². The van der Waals surface area contributed by atoms with E-state index >= 15 is 0 Å². The number of nitrogens with one attached hydrogen (secondary N) is 2. The molecule has 186 valence electrons. The van der Waals surface area contributed by atoms with E-state index in [1.54, 1.807) is 10.2 Å². The molecule has 1 aliphatic rings. The van der Waals surface area contributed by atoms with Gasteiger partial charge in [-0.15, -0.1) is 0 Å². The van der Waals surface area contributed by atoms with Crippen LogP contribution in [0.25, 0.3) is 11.0 Å². The Hall–Kier alpha value is -3.97. The Labute approximate surface area is 194 Å². The normalized spacial score (nSPS) is 15.0. The standard InChI is InChI=1S/C21H18F5N5O4/c1-9-13-3-11(22)4-14(23)16(13)35-15(9)17(21(24,25)26)30-20(33)29-12-5-27-19(28-6-12)31-7-10(8-31)18(32)34-2/h3-6,10,17H,7-8H2,1-2H3,(H2,29,30,33). The van der Waals surface area contributed by atoms with Crippen LogP contribution in [0.3, 0.4) is 0 Å². The van der Waals surface area contributed by atoms with Crippen molar-refractivity contribution in [2.45, 2.75) is 19.1 Å². The number of amides is 2. The molecule has 3 heterocycles.